The zero-order chi connectivity index (χ0) is 40.3. The van der Waals surface area contributed by atoms with Gasteiger partial charge in [0.05, 0.1) is 41.3 Å². The van der Waals surface area contributed by atoms with E-state index in [-0.39, 0.29) is 34.8 Å². The number of nitrogens with zero attached hydrogens (tertiary/aromatic N) is 1. The number of ether oxygens (including phenoxy) is 4. The van der Waals surface area contributed by atoms with E-state index in [1.807, 2.05) is 20.8 Å². The van der Waals surface area contributed by atoms with Crippen molar-refractivity contribution >= 4 is 71.3 Å². The van der Waals surface area contributed by atoms with Crippen LogP contribution in [0.1, 0.15) is 41.5 Å². The number of hydrogen-bond acceptors (Lipinski definition) is 12. The lowest BCUT2D eigenvalue weighted by Crippen LogP contribution is -2.45. The number of carbonyl (C=O) groups is 1. The maximum atomic E-state index is 13.9. The van der Waals surface area contributed by atoms with Crippen LogP contribution in [0.3, 0.4) is 0 Å². The van der Waals surface area contributed by atoms with Crippen molar-refractivity contribution in [3.8, 4) is 0 Å². The summed E-state index contributed by atoms with van der Waals surface area (Å²) in [5, 5.41) is 0. The molecule has 304 valence electrons. The summed E-state index contributed by atoms with van der Waals surface area (Å²) in [7, 11) is -7.11. The smallest absolute Gasteiger partial charge is 0.251 e. The average molecular weight is 946 g/mol. The molecule has 2 aromatic rings. The number of rotatable bonds is 17. The molecule has 5 unspecified atom stereocenters. The van der Waals surface area contributed by atoms with Crippen LogP contribution in [0.5, 0.6) is 0 Å². The Morgan fingerprint density at radius 2 is 1.28 bits per heavy atom. The van der Waals surface area contributed by atoms with Crippen LogP contribution in [0.4, 0.5) is 0 Å². The van der Waals surface area contributed by atoms with Gasteiger partial charge in [0, 0.05) is 49.0 Å². The molecule has 0 bridgehead atoms. The van der Waals surface area contributed by atoms with Gasteiger partial charge in [-0.2, -0.15) is 0 Å². The second-order valence-electron chi connectivity index (χ2n) is 14.1. The molecule has 2 aromatic carbocycles. The fourth-order valence-corrected chi connectivity index (χ4v) is 13.0. The Balaban J connectivity index is 1.69. The number of amides is 1. The van der Waals surface area contributed by atoms with Crippen LogP contribution in [0.25, 0.3) is 0 Å². The third-order valence-corrected chi connectivity index (χ3v) is 16.9. The number of likely N-dealkylation sites (N-methyl/N-ethyl adjacent to an activating group) is 1. The molecule has 2 aliphatic rings. The van der Waals surface area contributed by atoms with Gasteiger partial charge in [-0.1, -0.05) is 59.6 Å². The Morgan fingerprint density at radius 3 is 1.69 bits per heavy atom. The Kier molecular flexibility index (Phi) is 15.7. The van der Waals surface area contributed by atoms with E-state index >= 15 is 0 Å². The lowest BCUT2D eigenvalue weighted by Gasteiger charge is -2.39. The lowest BCUT2D eigenvalue weighted by molar-refractivity contribution is -0.132. The molecule has 1 amide bonds. The Morgan fingerprint density at radius 1 is 0.833 bits per heavy atom. The maximum Gasteiger partial charge on any atom is 0.251 e. The largest absolute Gasteiger partial charge is 0.382 e. The molecule has 0 aliphatic carbocycles. The van der Waals surface area contributed by atoms with Crippen molar-refractivity contribution in [1.29, 1.82) is 0 Å². The van der Waals surface area contributed by atoms with Gasteiger partial charge in [0.2, 0.25) is 25.6 Å². The van der Waals surface area contributed by atoms with Crippen LogP contribution in [-0.4, -0.2) is 116 Å². The van der Waals surface area contributed by atoms with E-state index in [4.69, 9.17) is 32.5 Å². The summed E-state index contributed by atoms with van der Waals surface area (Å²) in [4.78, 5) is 14.2. The van der Waals surface area contributed by atoms with Gasteiger partial charge in [0.1, 0.15) is 18.3 Å². The van der Waals surface area contributed by atoms with E-state index in [1.54, 1.807) is 50.1 Å². The van der Waals surface area contributed by atoms with E-state index < -0.39 is 86.5 Å². The third-order valence-electron chi connectivity index (χ3n) is 9.99. The second-order valence-corrected chi connectivity index (χ2v) is 21.9. The summed E-state index contributed by atoms with van der Waals surface area (Å²) in [6.45, 7) is 10.3. The van der Waals surface area contributed by atoms with E-state index in [9.17, 15) is 21.6 Å². The first-order valence-electron chi connectivity index (χ1n) is 17.5. The van der Waals surface area contributed by atoms with Crippen molar-refractivity contribution in [3.63, 3.8) is 0 Å². The molecule has 2 heterocycles. The molecule has 11 atom stereocenters. The van der Waals surface area contributed by atoms with Gasteiger partial charge >= 0.3 is 0 Å². The number of carbonyl (C=O) groups excluding carboxylic acids is 1. The molecular weight excluding hydrogens is 893 g/mol. The summed E-state index contributed by atoms with van der Waals surface area (Å²) in [6.07, 6.45) is 0.306. The standard InChI is InChI=1S/C36H52Br2NO12PS2/c1-21(2)32(24(5)39(7)25(6)40)50-52(10,47-20-31-33(46-9)22(3)35(49-31)53(41,42)28-15-11-26(37)12-16-28)51-34-23(4)36(48-30(34)19-45-8)54(43,44)29-17-13-27(38)14-18-29/h11-18,21-24,30-36H,10,19-20H2,1-9H3/t22?,23?,24?,30-,31-,32?,33-,34-,35+,36+,52?/m1/s1. The number of sulfone groups is 2. The van der Waals surface area contributed by atoms with Gasteiger partial charge in [-0.25, -0.2) is 16.8 Å². The quantitative estimate of drug-likeness (QED) is 0.163. The summed E-state index contributed by atoms with van der Waals surface area (Å²) in [6, 6.07) is 12.1. The first kappa shape index (κ1) is 45.5. The van der Waals surface area contributed by atoms with Crippen molar-refractivity contribution < 1.29 is 54.1 Å². The van der Waals surface area contributed by atoms with E-state index in [2.05, 4.69) is 38.2 Å². The highest BCUT2D eigenvalue weighted by Gasteiger charge is 2.53. The number of halogens is 2. The van der Waals surface area contributed by atoms with Crippen molar-refractivity contribution in [2.45, 2.75) is 98.8 Å². The predicted molar refractivity (Wildman–Crippen MR) is 213 cm³/mol. The highest BCUT2D eigenvalue weighted by molar-refractivity contribution is 9.10. The first-order chi connectivity index (χ1) is 25.2. The molecule has 18 heteroatoms. The minimum absolute atomic E-state index is 0.0109. The summed E-state index contributed by atoms with van der Waals surface area (Å²) in [5.74, 6) is -1.69. The Bertz CT molecular complexity index is 1850. The van der Waals surface area contributed by atoms with Crippen LogP contribution >= 0.6 is 39.4 Å². The molecule has 4 rings (SSSR count). The Hall–Kier alpha value is -1.21. The molecule has 2 aliphatic heterocycles. The normalized spacial score (nSPS) is 28.5. The molecule has 13 nitrogen and oxygen atoms in total. The lowest BCUT2D eigenvalue weighted by atomic mass is 10.00. The van der Waals surface area contributed by atoms with Crippen molar-refractivity contribution in [1.82, 2.24) is 4.90 Å². The fourth-order valence-electron chi connectivity index (χ4n) is 6.84. The van der Waals surface area contributed by atoms with Gasteiger partial charge in [-0.15, -0.1) is 0 Å². The van der Waals surface area contributed by atoms with Crippen molar-refractivity contribution in [2.24, 2.45) is 17.8 Å². The SMILES string of the molecule is C=P(OC[C@H]1O[C@@H](S(=O)(=O)c2ccc(Br)cc2)C(C)[C@H]1OC)(OC(C(C)C)C(C)N(C)C(C)=O)O[C@@H]1C(C)[C@H](S(=O)(=O)c2ccc(Br)cc2)O[C@@H]1COC. The number of methoxy groups -OCH3 is 2. The molecule has 0 radical (unpaired) electrons. The van der Waals surface area contributed by atoms with Gasteiger partial charge in [-0.3, -0.25) is 4.79 Å². The van der Waals surface area contributed by atoms with E-state index in [0.29, 0.717) is 0 Å². The highest BCUT2D eigenvalue weighted by atomic mass is 79.9. The summed E-state index contributed by atoms with van der Waals surface area (Å²) >= 11 is 6.69. The molecule has 54 heavy (non-hydrogen) atoms. The van der Waals surface area contributed by atoms with Crippen LogP contribution < -0.4 is 0 Å². The zero-order valence-electron chi connectivity index (χ0n) is 32.0. The number of hydrogen-bond donors (Lipinski definition) is 0. The minimum atomic E-state index is -4.01. The van der Waals surface area contributed by atoms with Crippen LogP contribution in [0.2, 0.25) is 0 Å². The molecule has 0 N–H and O–H groups in total. The maximum absolute atomic E-state index is 13.9. The van der Waals surface area contributed by atoms with E-state index in [0.717, 1.165) is 8.95 Å². The third kappa shape index (κ3) is 10.1. The topological polar surface area (TPSA) is 153 Å². The monoisotopic (exact) mass is 943 g/mol. The molecule has 2 fully saturated rings. The van der Waals surface area contributed by atoms with Crippen molar-refractivity contribution in [3.05, 3.63) is 57.5 Å². The molecule has 0 saturated carbocycles. The zero-order valence-corrected chi connectivity index (χ0v) is 37.7. The highest BCUT2D eigenvalue weighted by Crippen LogP contribution is 2.56. The van der Waals surface area contributed by atoms with Crippen LogP contribution in [-0.2, 0) is 57.0 Å². The van der Waals surface area contributed by atoms with Gasteiger partial charge in [0.15, 0.2) is 10.9 Å². The second kappa shape index (κ2) is 18.6. The predicted octanol–water partition coefficient (Wildman–Crippen LogP) is 6.35. The molecule has 0 spiro atoms. The summed E-state index contributed by atoms with van der Waals surface area (Å²) in [5.41, 5.74) is -2.55. The van der Waals surface area contributed by atoms with Gasteiger partial charge < -0.3 is 37.4 Å². The fraction of sp³-hybridized carbons (Fsp3) is 0.611. The average Bonchev–Trinajstić information content (AvgIpc) is 3.61. The van der Waals surface area contributed by atoms with Crippen LogP contribution in [0, 0.1) is 17.8 Å². The first-order valence-corrected chi connectivity index (χ1v) is 23.9. The molecule has 2 saturated heterocycles. The Labute approximate surface area is 337 Å². The van der Waals surface area contributed by atoms with E-state index in [1.165, 1.54) is 45.4 Å². The minimum Gasteiger partial charge on any atom is -0.382 e. The summed E-state index contributed by atoms with van der Waals surface area (Å²) < 4.78 is 100. The molecular formula is C36H52Br2NO12PS2. The van der Waals surface area contributed by atoms with Crippen molar-refractivity contribution in [2.75, 3.05) is 34.5 Å². The molecule has 0 aromatic heterocycles. The van der Waals surface area contributed by atoms with Gasteiger partial charge in [-0.05, 0) is 67.7 Å². The van der Waals surface area contributed by atoms with Gasteiger partial charge in [0.25, 0.3) is 7.57 Å². The van der Waals surface area contributed by atoms with Crippen LogP contribution in [0.15, 0.2) is 67.3 Å². The number of benzene rings is 2.